The summed E-state index contributed by atoms with van der Waals surface area (Å²) in [6.07, 6.45) is 2.07. The predicted molar refractivity (Wildman–Crippen MR) is 29.6 cm³/mol. The highest BCUT2D eigenvalue weighted by Crippen LogP contribution is 1.84. The second-order valence-electron chi connectivity index (χ2n) is 1.07. The first-order valence-electron chi connectivity index (χ1n) is 2.03. The van der Waals surface area contributed by atoms with Gasteiger partial charge in [0.15, 0.2) is 0 Å². The van der Waals surface area contributed by atoms with Gasteiger partial charge < -0.3 is 5.21 Å². The number of hydrogen-bond acceptors (Lipinski definition) is 4. The fourth-order valence-corrected chi connectivity index (χ4v) is 0.207. The molecule has 0 amide bonds. The quantitative estimate of drug-likeness (QED) is 0.236. The third kappa shape index (κ3) is 2.84. The van der Waals surface area contributed by atoms with E-state index in [0.717, 1.165) is 12.3 Å². The smallest absolute Gasteiger partial charge is 0.131 e. The largest absolute Gasteiger partial charge is 0.411 e. The van der Waals surface area contributed by atoms with E-state index in [1.807, 2.05) is 0 Å². The second kappa shape index (κ2) is 4.35. The summed E-state index contributed by atoms with van der Waals surface area (Å²) in [6, 6.07) is 3.17. The number of allylic oxidation sites excluding steroid dienone is 2. The van der Waals surface area contributed by atoms with Crippen LogP contribution in [-0.2, 0) is 0 Å². The molecule has 0 saturated heterocycles. The molecule has 4 heteroatoms. The van der Waals surface area contributed by atoms with Crippen LogP contribution in [0.5, 0.6) is 0 Å². The predicted octanol–water partition coefficient (Wildman–Crippen LogP) is 0.420. The Hall–Kier alpha value is -1.81. The van der Waals surface area contributed by atoms with Crippen molar-refractivity contribution in [2.24, 2.45) is 5.16 Å². The van der Waals surface area contributed by atoms with E-state index in [-0.39, 0.29) is 5.57 Å². The van der Waals surface area contributed by atoms with Crippen LogP contribution in [0.2, 0.25) is 0 Å². The molecule has 1 N–H and O–H groups in total. The molecule has 0 radical (unpaired) electrons. The minimum Gasteiger partial charge on any atom is -0.411 e. The summed E-state index contributed by atoms with van der Waals surface area (Å²) in [5, 5.41) is 26.5. The molecule has 4 nitrogen and oxygen atoms in total. The second-order valence-corrected chi connectivity index (χ2v) is 1.07. The van der Waals surface area contributed by atoms with E-state index in [9.17, 15) is 0 Å². The lowest BCUT2D eigenvalue weighted by Gasteiger charge is -1.71. The molecule has 0 saturated carbocycles. The highest BCUT2D eigenvalue weighted by atomic mass is 16.4. The van der Waals surface area contributed by atoms with Crippen LogP contribution in [0.3, 0.4) is 0 Å². The monoisotopic (exact) mass is 121 g/mol. The van der Waals surface area contributed by atoms with Gasteiger partial charge in [0.1, 0.15) is 17.7 Å². The van der Waals surface area contributed by atoms with Crippen molar-refractivity contribution in [3.8, 4) is 12.1 Å². The van der Waals surface area contributed by atoms with Crippen LogP contribution in [0.25, 0.3) is 0 Å². The summed E-state index contributed by atoms with van der Waals surface area (Å²) in [6.45, 7) is 0. The molecule has 0 rings (SSSR count). The van der Waals surface area contributed by atoms with Gasteiger partial charge in [0, 0.05) is 0 Å². The van der Waals surface area contributed by atoms with E-state index in [2.05, 4.69) is 5.16 Å². The zero-order chi connectivity index (χ0) is 7.11. The molecule has 0 aliphatic carbocycles. The van der Waals surface area contributed by atoms with Gasteiger partial charge in [0.05, 0.1) is 6.21 Å². The summed E-state index contributed by atoms with van der Waals surface area (Å²) < 4.78 is 0. The summed E-state index contributed by atoms with van der Waals surface area (Å²) in [7, 11) is 0. The molecular formula is C5H3N3O. The summed E-state index contributed by atoms with van der Waals surface area (Å²) in [5.74, 6) is 0. The highest BCUT2D eigenvalue weighted by Gasteiger charge is 1.84. The molecule has 0 aliphatic heterocycles. The lowest BCUT2D eigenvalue weighted by atomic mass is 10.3. The van der Waals surface area contributed by atoms with Gasteiger partial charge in [-0.05, 0) is 6.08 Å². The fraction of sp³-hybridized carbons (Fsp3) is 0. The van der Waals surface area contributed by atoms with Crippen molar-refractivity contribution < 1.29 is 5.21 Å². The Morgan fingerprint density at radius 3 is 2.33 bits per heavy atom. The van der Waals surface area contributed by atoms with Crippen molar-refractivity contribution in [2.75, 3.05) is 0 Å². The molecule has 0 atom stereocenters. The minimum absolute atomic E-state index is 0.0900. The lowest BCUT2D eigenvalue weighted by Crippen LogP contribution is -1.72. The van der Waals surface area contributed by atoms with Crippen LogP contribution in [0, 0.1) is 22.7 Å². The van der Waals surface area contributed by atoms with Crippen molar-refractivity contribution in [3.63, 3.8) is 0 Å². The first-order chi connectivity index (χ1) is 4.35. The van der Waals surface area contributed by atoms with Gasteiger partial charge in [-0.2, -0.15) is 10.5 Å². The van der Waals surface area contributed by atoms with E-state index in [0.29, 0.717) is 0 Å². The van der Waals surface area contributed by atoms with E-state index in [1.54, 1.807) is 12.1 Å². The van der Waals surface area contributed by atoms with Gasteiger partial charge in [-0.25, -0.2) is 0 Å². The highest BCUT2D eigenvalue weighted by molar-refractivity contribution is 5.74. The SMILES string of the molecule is N#CC(C#N)=CC=NO. The Morgan fingerprint density at radius 1 is 1.44 bits per heavy atom. The van der Waals surface area contributed by atoms with E-state index in [4.69, 9.17) is 15.7 Å². The van der Waals surface area contributed by atoms with Crippen molar-refractivity contribution in [1.29, 1.82) is 10.5 Å². The Balaban J connectivity index is 4.18. The third-order valence-corrected chi connectivity index (χ3v) is 0.549. The first-order valence-corrected chi connectivity index (χ1v) is 2.03. The van der Waals surface area contributed by atoms with Crippen molar-refractivity contribution in [1.82, 2.24) is 0 Å². The summed E-state index contributed by atoms with van der Waals surface area (Å²) in [4.78, 5) is 0. The van der Waals surface area contributed by atoms with E-state index < -0.39 is 0 Å². The van der Waals surface area contributed by atoms with Gasteiger partial charge >= 0.3 is 0 Å². The zero-order valence-electron chi connectivity index (χ0n) is 4.44. The standard InChI is InChI=1S/C5H3N3O/c6-3-5(4-7)1-2-8-9/h1-2,9H. The van der Waals surface area contributed by atoms with Crippen molar-refractivity contribution in [3.05, 3.63) is 11.6 Å². The van der Waals surface area contributed by atoms with E-state index in [1.165, 1.54) is 0 Å². The number of nitriles is 2. The first kappa shape index (κ1) is 7.19. The van der Waals surface area contributed by atoms with Crippen LogP contribution < -0.4 is 0 Å². The number of oxime groups is 1. The molecule has 0 aromatic carbocycles. The number of rotatable bonds is 1. The van der Waals surface area contributed by atoms with Crippen LogP contribution in [0.15, 0.2) is 16.8 Å². The van der Waals surface area contributed by atoms with Crippen LogP contribution in [0.1, 0.15) is 0 Å². The number of nitrogens with zero attached hydrogens (tertiary/aromatic N) is 3. The molecule has 9 heavy (non-hydrogen) atoms. The maximum absolute atomic E-state index is 8.07. The van der Waals surface area contributed by atoms with Gasteiger partial charge in [0.2, 0.25) is 0 Å². The van der Waals surface area contributed by atoms with Gasteiger partial charge in [-0.1, -0.05) is 5.16 Å². The molecule has 0 spiro atoms. The Bertz CT molecular complexity index is 199. The minimum atomic E-state index is -0.0900. The van der Waals surface area contributed by atoms with Gasteiger partial charge in [0.25, 0.3) is 0 Å². The average Bonchev–Trinajstić information content (AvgIpc) is 1.91. The van der Waals surface area contributed by atoms with Crippen molar-refractivity contribution in [2.45, 2.75) is 0 Å². The zero-order valence-corrected chi connectivity index (χ0v) is 4.44. The fourth-order valence-electron chi connectivity index (χ4n) is 0.207. The molecule has 44 valence electrons. The Kier molecular flexibility index (Phi) is 3.48. The molecule has 0 aromatic rings. The summed E-state index contributed by atoms with van der Waals surface area (Å²) in [5.41, 5.74) is -0.0900. The Labute approximate surface area is 51.9 Å². The molecular weight excluding hydrogens is 118 g/mol. The van der Waals surface area contributed by atoms with Crippen LogP contribution in [-0.4, -0.2) is 11.4 Å². The van der Waals surface area contributed by atoms with Gasteiger partial charge in [-0.15, -0.1) is 0 Å². The maximum atomic E-state index is 8.07. The molecule has 0 unspecified atom stereocenters. The molecule has 0 heterocycles. The molecule has 0 aromatic heterocycles. The number of hydrogen-bond donors (Lipinski definition) is 1. The lowest BCUT2D eigenvalue weighted by molar-refractivity contribution is 0.322. The van der Waals surface area contributed by atoms with Crippen LogP contribution >= 0.6 is 0 Å². The average molecular weight is 121 g/mol. The molecule has 0 aliphatic rings. The molecule has 0 fully saturated rings. The van der Waals surface area contributed by atoms with Crippen molar-refractivity contribution >= 4 is 6.21 Å². The topological polar surface area (TPSA) is 80.2 Å². The van der Waals surface area contributed by atoms with Gasteiger partial charge in [-0.3, -0.25) is 0 Å². The maximum Gasteiger partial charge on any atom is 0.131 e. The molecule has 0 bridgehead atoms. The third-order valence-electron chi connectivity index (χ3n) is 0.549. The Morgan fingerprint density at radius 2 is 2.00 bits per heavy atom. The van der Waals surface area contributed by atoms with Crippen LogP contribution in [0.4, 0.5) is 0 Å². The van der Waals surface area contributed by atoms with E-state index >= 15 is 0 Å². The summed E-state index contributed by atoms with van der Waals surface area (Å²) >= 11 is 0. The normalized spacial score (nSPS) is 7.78.